The molecule has 0 fully saturated rings. The molecule has 0 heterocycles. The maximum absolute atomic E-state index is 11.4. The van der Waals surface area contributed by atoms with E-state index in [2.05, 4.69) is 107 Å². The van der Waals surface area contributed by atoms with Gasteiger partial charge in [0.05, 0.1) is 0 Å². The Morgan fingerprint density at radius 1 is 0.178 bits per heavy atom. The molecule has 10 rings (SSSR count). The van der Waals surface area contributed by atoms with Crippen molar-refractivity contribution in [3.8, 4) is 107 Å². The van der Waals surface area contributed by atoms with Gasteiger partial charge >= 0.3 is 0 Å². The summed E-state index contributed by atoms with van der Waals surface area (Å²) in [7, 11) is 0. The summed E-state index contributed by atoms with van der Waals surface area (Å²) in [6.07, 6.45) is 0. The molecule has 0 aliphatic carbocycles. The highest BCUT2D eigenvalue weighted by atomic mass is 32.2. The largest absolute Gasteiger partial charge is 0.287 e. The van der Waals surface area contributed by atoms with E-state index in [4.69, 9.17) is 0 Å². The predicted octanol–water partition coefficient (Wildman–Crippen LogP) is 16.2. The van der Waals surface area contributed by atoms with Crippen LogP contribution in [0.15, 0.2) is 251 Å². The van der Waals surface area contributed by atoms with Crippen LogP contribution < -0.4 is 0 Å². The molecule has 0 aromatic heterocycles. The molecule has 0 unspecified atom stereocenters. The highest BCUT2D eigenvalue weighted by Gasteiger charge is 2.03. The third-order valence-corrected chi connectivity index (χ3v) is 15.1. The summed E-state index contributed by atoms with van der Waals surface area (Å²) < 4.78 is 0. The van der Waals surface area contributed by atoms with Crippen molar-refractivity contribution in [2.24, 2.45) is 0 Å². The number of benzene rings is 10. The fraction of sp³-hybridized carbons (Fsp3) is 0.0357. The Labute approximate surface area is 540 Å². The Morgan fingerprint density at radius 2 is 0.278 bits per heavy atom. The van der Waals surface area contributed by atoms with Crippen molar-refractivity contribution in [1.82, 2.24) is 0 Å². The third-order valence-electron chi connectivity index (χ3n) is 12.8. The summed E-state index contributed by atoms with van der Waals surface area (Å²) in [5, 5.41) is 0.156. The van der Waals surface area contributed by atoms with Gasteiger partial charge in [-0.3, -0.25) is 14.4 Å². The first kappa shape index (κ1) is 61.4. The van der Waals surface area contributed by atoms with Crippen molar-refractivity contribution in [2.45, 2.75) is 35.5 Å². The lowest BCUT2D eigenvalue weighted by Gasteiger charge is -1.98. The van der Waals surface area contributed by atoms with Gasteiger partial charge < -0.3 is 0 Å². The number of carbonyl (C=O) groups is 3. The topological polar surface area (TPSA) is 51.2 Å². The highest BCUT2D eigenvalue weighted by Crippen LogP contribution is 2.22. The van der Waals surface area contributed by atoms with Gasteiger partial charge in [-0.25, -0.2) is 0 Å². The van der Waals surface area contributed by atoms with Crippen LogP contribution in [0.4, 0.5) is 0 Å². The molecule has 0 spiro atoms. The van der Waals surface area contributed by atoms with Crippen LogP contribution in [-0.2, 0) is 14.4 Å². The first-order valence-electron chi connectivity index (χ1n) is 28.2. The van der Waals surface area contributed by atoms with E-state index in [9.17, 15) is 14.4 Å². The van der Waals surface area contributed by atoms with Crippen molar-refractivity contribution < 1.29 is 14.4 Å². The van der Waals surface area contributed by atoms with Crippen LogP contribution in [0, 0.1) is 107 Å². The zero-order valence-corrected chi connectivity index (χ0v) is 51.4. The summed E-state index contributed by atoms with van der Waals surface area (Å²) in [6, 6.07) is 76.0. The Bertz CT molecular complexity index is 4430. The van der Waals surface area contributed by atoms with Gasteiger partial charge in [-0.15, -0.1) is 0 Å². The second-order valence-corrected chi connectivity index (χ2v) is 23.6. The molecule has 0 radical (unpaired) electrons. The lowest BCUT2D eigenvalue weighted by molar-refractivity contribution is -0.109. The summed E-state index contributed by atoms with van der Waals surface area (Å²) in [5.41, 5.74) is 15.3. The standard InChI is InChI=1S/C84H48O3S3/c1-61(85)88-82-52-46-76(47-53-82)37-34-70-16-10-64(11-17-70)4-7-67-22-28-73(29-23-67)40-43-79-58-80(44-41-74-30-24-68(25-31-74)8-5-65-12-18-71(19-13-65)35-38-77-48-54-83(55-49-77)89-62(2)86)60-81(59-79)45-42-75-32-26-69(27-33-75)9-6-66-14-20-72(21-15-66)36-39-78-50-56-84(57-51-78)90-63(3)87/h10-33,46-60H,1-3H3. The Balaban J connectivity index is 0.816. The molecule has 90 heavy (non-hydrogen) atoms. The van der Waals surface area contributed by atoms with Crippen LogP contribution in [0.3, 0.4) is 0 Å². The Hall–Kier alpha value is -11.7. The second kappa shape index (κ2) is 31.1. The van der Waals surface area contributed by atoms with E-state index in [-0.39, 0.29) is 15.3 Å². The number of rotatable bonds is 3. The molecule has 6 heteroatoms. The molecule has 10 aromatic carbocycles. The first-order chi connectivity index (χ1) is 43.9. The van der Waals surface area contributed by atoms with Gasteiger partial charge in [0.1, 0.15) is 0 Å². The second-order valence-electron chi connectivity index (χ2n) is 19.9. The van der Waals surface area contributed by atoms with Crippen LogP contribution in [0.2, 0.25) is 0 Å². The maximum Gasteiger partial charge on any atom is 0.190 e. The van der Waals surface area contributed by atoms with Gasteiger partial charge in [0, 0.05) is 136 Å². The lowest BCUT2D eigenvalue weighted by Crippen LogP contribution is -1.86. The lowest BCUT2D eigenvalue weighted by atomic mass is 10.0. The van der Waals surface area contributed by atoms with Crippen molar-refractivity contribution in [3.05, 3.63) is 337 Å². The Kier molecular flexibility index (Phi) is 21.2. The Morgan fingerprint density at radius 3 is 0.389 bits per heavy atom. The summed E-state index contributed by atoms with van der Waals surface area (Å²) in [5.74, 6) is 58.8. The molecule has 0 amide bonds. The molecule has 10 aromatic rings. The number of hydrogen-bond acceptors (Lipinski definition) is 6. The summed E-state index contributed by atoms with van der Waals surface area (Å²) >= 11 is 3.62. The number of thioether (sulfide) groups is 3. The van der Waals surface area contributed by atoms with Gasteiger partial charge in [0.25, 0.3) is 0 Å². The molecule has 0 aliphatic rings. The van der Waals surface area contributed by atoms with Gasteiger partial charge in [-0.05, 0) is 237 Å². The van der Waals surface area contributed by atoms with Crippen molar-refractivity contribution >= 4 is 50.6 Å². The molecule has 0 N–H and O–H groups in total. The van der Waals surface area contributed by atoms with E-state index in [1.807, 2.05) is 237 Å². The van der Waals surface area contributed by atoms with E-state index < -0.39 is 0 Å². The minimum Gasteiger partial charge on any atom is -0.287 e. The molecule has 0 aliphatic heterocycles. The molecule has 420 valence electrons. The van der Waals surface area contributed by atoms with Crippen LogP contribution in [-0.4, -0.2) is 15.3 Å². The van der Waals surface area contributed by atoms with E-state index in [0.29, 0.717) is 0 Å². The predicted molar refractivity (Wildman–Crippen MR) is 368 cm³/mol. The zero-order valence-electron chi connectivity index (χ0n) is 49.0. The average Bonchev–Trinajstić information content (AvgIpc) is 3.68. The van der Waals surface area contributed by atoms with Crippen LogP contribution in [0.25, 0.3) is 0 Å². The fourth-order valence-electron chi connectivity index (χ4n) is 8.28. The van der Waals surface area contributed by atoms with E-state index in [0.717, 1.165) is 115 Å². The van der Waals surface area contributed by atoms with Gasteiger partial charge in [0.15, 0.2) is 15.3 Å². The van der Waals surface area contributed by atoms with Crippen molar-refractivity contribution in [2.75, 3.05) is 0 Å². The minimum absolute atomic E-state index is 0.0520. The minimum atomic E-state index is 0.0520. The summed E-state index contributed by atoms with van der Waals surface area (Å²) in [6.45, 7) is 4.66. The zero-order chi connectivity index (χ0) is 62.3. The van der Waals surface area contributed by atoms with Crippen LogP contribution in [0.1, 0.15) is 121 Å². The van der Waals surface area contributed by atoms with E-state index in [1.165, 1.54) is 35.3 Å². The van der Waals surface area contributed by atoms with Gasteiger partial charge in [-0.2, -0.15) is 0 Å². The molecule has 0 atom stereocenters. The summed E-state index contributed by atoms with van der Waals surface area (Å²) in [4.78, 5) is 36.9. The van der Waals surface area contributed by atoms with Gasteiger partial charge in [-0.1, -0.05) is 142 Å². The van der Waals surface area contributed by atoms with E-state index >= 15 is 0 Å². The smallest absolute Gasteiger partial charge is 0.190 e. The monoisotopic (exact) mass is 1200 g/mol. The molecule has 0 bridgehead atoms. The van der Waals surface area contributed by atoms with Crippen LogP contribution in [0.5, 0.6) is 0 Å². The number of hydrogen-bond donors (Lipinski definition) is 0. The highest BCUT2D eigenvalue weighted by molar-refractivity contribution is 8.14. The average molecular weight is 1200 g/mol. The molecular formula is C84H48O3S3. The molecule has 0 saturated carbocycles. The van der Waals surface area contributed by atoms with E-state index in [1.54, 1.807) is 20.8 Å². The van der Waals surface area contributed by atoms with Crippen molar-refractivity contribution in [1.29, 1.82) is 0 Å². The first-order valence-corrected chi connectivity index (χ1v) is 30.7. The normalized spacial score (nSPS) is 9.63. The van der Waals surface area contributed by atoms with Gasteiger partial charge in [0.2, 0.25) is 0 Å². The SMILES string of the molecule is CC(=O)Sc1ccc(C#Cc2ccc(C#Cc3ccc(C#Cc4cc(C#Cc5ccc(C#Cc6ccc(C#Cc7ccc(SC(C)=O)cc7)cc6)cc5)cc(C#Cc5ccc(C#Cc6ccc(C#Cc7ccc(SC(C)=O)cc7)cc6)cc5)c4)cc3)cc2)cc1. The van der Waals surface area contributed by atoms with Crippen molar-refractivity contribution in [3.63, 3.8) is 0 Å². The molecular weight excluding hydrogens is 1150 g/mol. The van der Waals surface area contributed by atoms with Crippen LogP contribution >= 0.6 is 35.3 Å². The molecule has 0 saturated heterocycles. The molecule has 3 nitrogen and oxygen atoms in total. The quantitative estimate of drug-likeness (QED) is 0.130. The number of carbonyl (C=O) groups excluding carboxylic acids is 3. The maximum atomic E-state index is 11.4. The third kappa shape index (κ3) is 19.9. The fourth-order valence-corrected chi connectivity index (χ4v) is 10.1.